The normalized spacial score (nSPS) is 10.6. The highest BCUT2D eigenvalue weighted by Crippen LogP contribution is 2.29. The summed E-state index contributed by atoms with van der Waals surface area (Å²) in [5, 5.41) is 17.9. The molecule has 1 N–H and O–H groups in total. The van der Waals surface area contributed by atoms with Gasteiger partial charge in [-0.05, 0) is 42.8 Å². The number of anilines is 1. The number of rotatable bonds is 4. The predicted octanol–water partition coefficient (Wildman–Crippen LogP) is 4.51. The summed E-state index contributed by atoms with van der Waals surface area (Å²) >= 11 is 5.99. The van der Waals surface area contributed by atoms with Crippen molar-refractivity contribution in [2.24, 2.45) is 0 Å². The van der Waals surface area contributed by atoms with Crippen LogP contribution >= 0.6 is 11.6 Å². The Hall–Kier alpha value is -3.89. The Kier molecular flexibility index (Phi) is 5.09. The van der Waals surface area contributed by atoms with E-state index in [1.807, 2.05) is 31.2 Å². The van der Waals surface area contributed by atoms with Gasteiger partial charge in [0.25, 0.3) is 5.91 Å². The molecule has 2 heterocycles. The van der Waals surface area contributed by atoms with Crippen molar-refractivity contribution in [3.05, 3.63) is 76.4 Å². The van der Waals surface area contributed by atoms with Crippen LogP contribution in [0.1, 0.15) is 21.5 Å². The van der Waals surface area contributed by atoms with E-state index in [0.717, 1.165) is 10.9 Å². The lowest BCUT2D eigenvalue weighted by Crippen LogP contribution is -2.16. The van der Waals surface area contributed by atoms with Crippen molar-refractivity contribution in [2.45, 2.75) is 6.92 Å². The van der Waals surface area contributed by atoms with Crippen LogP contribution in [0.3, 0.4) is 0 Å². The molecular weight excluding hydrogens is 402 g/mol. The lowest BCUT2D eigenvalue weighted by Gasteiger charge is -2.12. The lowest BCUT2D eigenvalue weighted by atomic mass is 10.1. The van der Waals surface area contributed by atoms with Crippen LogP contribution < -0.4 is 10.1 Å². The van der Waals surface area contributed by atoms with E-state index in [0.29, 0.717) is 27.7 Å². The molecule has 0 saturated heterocycles. The smallest absolute Gasteiger partial charge is 0.256 e. The Balaban J connectivity index is 1.82. The molecule has 2 aromatic heterocycles. The van der Waals surface area contributed by atoms with Crippen molar-refractivity contribution in [1.29, 1.82) is 5.26 Å². The molecule has 8 heteroatoms. The number of nitrogens with zero attached hydrogens (tertiary/aromatic N) is 4. The molecule has 0 aliphatic rings. The first kappa shape index (κ1) is 19.4. The van der Waals surface area contributed by atoms with Gasteiger partial charge in [0.05, 0.1) is 13.3 Å². The first-order valence-corrected chi connectivity index (χ1v) is 9.39. The summed E-state index contributed by atoms with van der Waals surface area (Å²) in [5.41, 5.74) is 2.19. The van der Waals surface area contributed by atoms with E-state index in [1.54, 1.807) is 31.4 Å². The zero-order valence-corrected chi connectivity index (χ0v) is 16.9. The summed E-state index contributed by atoms with van der Waals surface area (Å²) in [7, 11) is 1.58. The highest BCUT2D eigenvalue weighted by atomic mass is 35.5. The van der Waals surface area contributed by atoms with E-state index in [-0.39, 0.29) is 11.4 Å². The zero-order chi connectivity index (χ0) is 21.3. The lowest BCUT2D eigenvalue weighted by molar-refractivity contribution is 0.102. The van der Waals surface area contributed by atoms with E-state index in [1.165, 1.54) is 10.9 Å². The van der Waals surface area contributed by atoms with E-state index >= 15 is 0 Å². The first-order valence-electron chi connectivity index (χ1n) is 9.01. The number of nitrogens with one attached hydrogen (secondary N) is 1. The summed E-state index contributed by atoms with van der Waals surface area (Å²) in [6.45, 7) is 1.95. The molecule has 148 valence electrons. The Morgan fingerprint density at radius 2 is 2.03 bits per heavy atom. The van der Waals surface area contributed by atoms with Gasteiger partial charge in [0.2, 0.25) is 0 Å². The second kappa shape index (κ2) is 7.85. The van der Waals surface area contributed by atoms with Crippen LogP contribution in [0.2, 0.25) is 5.02 Å². The summed E-state index contributed by atoms with van der Waals surface area (Å²) in [6, 6.07) is 16.1. The van der Waals surface area contributed by atoms with Gasteiger partial charge in [-0.25, -0.2) is 4.98 Å². The van der Waals surface area contributed by atoms with Crippen molar-refractivity contribution in [1.82, 2.24) is 14.8 Å². The number of methoxy groups -OCH3 is 1. The molecule has 30 heavy (non-hydrogen) atoms. The molecule has 1 amide bonds. The molecule has 0 radical (unpaired) electrons. The van der Waals surface area contributed by atoms with Crippen molar-refractivity contribution in [2.75, 3.05) is 12.4 Å². The third-order valence-corrected chi connectivity index (χ3v) is 4.88. The number of hydrogen-bond donors (Lipinski definition) is 1. The van der Waals surface area contributed by atoms with Gasteiger partial charge in [0.1, 0.15) is 22.9 Å². The Bertz CT molecular complexity index is 1320. The third kappa shape index (κ3) is 3.45. The van der Waals surface area contributed by atoms with Crippen LogP contribution in [0.15, 0.2) is 54.7 Å². The van der Waals surface area contributed by atoms with E-state index < -0.39 is 5.91 Å². The van der Waals surface area contributed by atoms with Gasteiger partial charge in [-0.2, -0.15) is 15.0 Å². The van der Waals surface area contributed by atoms with Gasteiger partial charge in [-0.15, -0.1) is 0 Å². The molecule has 0 bridgehead atoms. The first-order chi connectivity index (χ1) is 14.5. The standard InChI is InChI=1S/C22H16ClN5O2/c1-13-9-19(26-20-17(13)7-4-8-18(20)30-2)28-21(15(11-24)12-25-28)27-22(29)14-5-3-6-16(23)10-14/h3-10,12H,1-2H3,(H,27,29). The molecule has 0 fully saturated rings. The molecule has 2 aromatic carbocycles. The number of amides is 1. The molecular formula is C22H16ClN5O2. The molecule has 0 spiro atoms. The number of aryl methyl sites for hydroxylation is 1. The van der Waals surface area contributed by atoms with Crippen molar-refractivity contribution < 1.29 is 9.53 Å². The average Bonchev–Trinajstić information content (AvgIpc) is 3.15. The summed E-state index contributed by atoms with van der Waals surface area (Å²) in [4.78, 5) is 17.4. The fraction of sp³-hybridized carbons (Fsp3) is 0.0909. The number of carbonyl (C=O) groups is 1. The van der Waals surface area contributed by atoms with Crippen LogP contribution in [0.4, 0.5) is 5.82 Å². The minimum absolute atomic E-state index is 0.213. The van der Waals surface area contributed by atoms with Gasteiger partial charge in [-0.3, -0.25) is 4.79 Å². The average molecular weight is 418 g/mol. The third-order valence-electron chi connectivity index (χ3n) is 4.64. The largest absolute Gasteiger partial charge is 0.494 e. The maximum absolute atomic E-state index is 12.7. The van der Waals surface area contributed by atoms with Gasteiger partial charge < -0.3 is 10.1 Å². The quantitative estimate of drug-likeness (QED) is 0.527. The van der Waals surface area contributed by atoms with Crippen molar-refractivity contribution in [3.8, 4) is 17.6 Å². The predicted molar refractivity (Wildman–Crippen MR) is 114 cm³/mol. The Labute approximate surface area is 177 Å². The van der Waals surface area contributed by atoms with Crippen LogP contribution in [0.25, 0.3) is 16.7 Å². The molecule has 0 unspecified atom stereocenters. The van der Waals surface area contributed by atoms with Crippen LogP contribution in [0.5, 0.6) is 5.75 Å². The number of para-hydroxylation sites is 1. The Morgan fingerprint density at radius 3 is 2.77 bits per heavy atom. The topological polar surface area (TPSA) is 92.8 Å². The summed E-state index contributed by atoms with van der Waals surface area (Å²) in [5.74, 6) is 0.886. The van der Waals surface area contributed by atoms with Crippen LogP contribution in [0, 0.1) is 18.3 Å². The molecule has 4 aromatic rings. The van der Waals surface area contributed by atoms with Gasteiger partial charge >= 0.3 is 0 Å². The van der Waals surface area contributed by atoms with E-state index in [9.17, 15) is 10.1 Å². The monoisotopic (exact) mass is 417 g/mol. The number of nitriles is 1. The summed E-state index contributed by atoms with van der Waals surface area (Å²) in [6.07, 6.45) is 1.39. The number of fused-ring (bicyclic) bond motifs is 1. The molecule has 0 aliphatic carbocycles. The van der Waals surface area contributed by atoms with Crippen molar-refractivity contribution in [3.63, 3.8) is 0 Å². The second-order valence-corrected chi connectivity index (χ2v) is 6.99. The molecule has 7 nitrogen and oxygen atoms in total. The Morgan fingerprint density at radius 1 is 1.23 bits per heavy atom. The number of pyridine rings is 1. The number of ether oxygens (including phenoxy) is 1. The molecule has 0 aliphatic heterocycles. The number of hydrogen-bond acceptors (Lipinski definition) is 5. The minimum atomic E-state index is -0.411. The number of carbonyl (C=O) groups excluding carboxylic acids is 1. The van der Waals surface area contributed by atoms with Crippen molar-refractivity contribution >= 4 is 34.2 Å². The highest BCUT2D eigenvalue weighted by Gasteiger charge is 2.18. The molecule has 4 rings (SSSR count). The fourth-order valence-electron chi connectivity index (χ4n) is 3.18. The molecule has 0 saturated carbocycles. The maximum Gasteiger partial charge on any atom is 0.256 e. The van der Waals surface area contributed by atoms with Crippen LogP contribution in [-0.2, 0) is 0 Å². The SMILES string of the molecule is COc1cccc2c(C)cc(-n3ncc(C#N)c3NC(=O)c3cccc(Cl)c3)nc12. The van der Waals surface area contributed by atoms with Crippen LogP contribution in [-0.4, -0.2) is 27.8 Å². The highest BCUT2D eigenvalue weighted by molar-refractivity contribution is 6.31. The molecule has 0 atom stereocenters. The number of halogens is 1. The van der Waals surface area contributed by atoms with E-state index in [4.69, 9.17) is 16.3 Å². The van der Waals surface area contributed by atoms with E-state index in [2.05, 4.69) is 21.5 Å². The van der Waals surface area contributed by atoms with Gasteiger partial charge in [0, 0.05) is 16.0 Å². The van der Waals surface area contributed by atoms with Gasteiger partial charge in [0.15, 0.2) is 11.6 Å². The zero-order valence-electron chi connectivity index (χ0n) is 16.2. The minimum Gasteiger partial charge on any atom is -0.494 e. The number of aromatic nitrogens is 3. The number of benzene rings is 2. The summed E-state index contributed by atoms with van der Waals surface area (Å²) < 4.78 is 6.87. The second-order valence-electron chi connectivity index (χ2n) is 6.55. The fourth-order valence-corrected chi connectivity index (χ4v) is 3.37. The van der Waals surface area contributed by atoms with Gasteiger partial charge in [-0.1, -0.05) is 29.8 Å². The maximum atomic E-state index is 12.7.